The van der Waals surface area contributed by atoms with Crippen molar-refractivity contribution in [3.8, 4) is 0 Å². The number of nitrogens with zero attached hydrogens (tertiary/aromatic N) is 1. The Labute approximate surface area is 233 Å². The molecule has 2 fully saturated rings. The summed E-state index contributed by atoms with van der Waals surface area (Å²) >= 11 is 0. The van der Waals surface area contributed by atoms with Crippen molar-refractivity contribution >= 4 is 38.5 Å². The molecular weight excluding hydrogens is 528 g/mol. The molecule has 4 atom stereocenters. The number of carboxylic acids is 1. The molecule has 9 nitrogen and oxygen atoms in total. The Balaban J connectivity index is 1.48. The zero-order valence-corrected chi connectivity index (χ0v) is 22.9. The normalized spacial score (nSPS) is 21.9. The Morgan fingerprint density at radius 2 is 1.75 bits per heavy atom. The third kappa shape index (κ3) is 5.73. The van der Waals surface area contributed by atoms with E-state index in [2.05, 4.69) is 4.72 Å². The van der Waals surface area contributed by atoms with Crippen molar-refractivity contribution < 1.29 is 23.1 Å². The number of hydrogen-bond donors (Lipinski definition) is 4. The molecule has 1 amide bonds. The van der Waals surface area contributed by atoms with Crippen molar-refractivity contribution in [2.45, 2.75) is 55.5 Å². The van der Waals surface area contributed by atoms with Crippen molar-refractivity contribution in [1.29, 1.82) is 5.41 Å². The van der Waals surface area contributed by atoms with E-state index < -0.39 is 28.0 Å². The molecule has 3 aromatic carbocycles. The largest absolute Gasteiger partial charge is 0.481 e. The second-order valence-corrected chi connectivity index (χ2v) is 12.5. The van der Waals surface area contributed by atoms with Gasteiger partial charge < -0.3 is 15.7 Å². The molecule has 5 N–H and O–H groups in total. The number of hydrogen-bond acceptors (Lipinski definition) is 5. The maximum absolute atomic E-state index is 14.2. The summed E-state index contributed by atoms with van der Waals surface area (Å²) in [6.45, 7) is 0.263. The lowest BCUT2D eigenvalue weighted by Gasteiger charge is -2.47. The minimum atomic E-state index is -4.09. The van der Waals surface area contributed by atoms with Crippen molar-refractivity contribution in [2.24, 2.45) is 17.6 Å². The van der Waals surface area contributed by atoms with Crippen LogP contribution in [0, 0.1) is 17.2 Å². The number of carbonyl (C=O) groups excluding carboxylic acids is 1. The van der Waals surface area contributed by atoms with E-state index in [-0.39, 0.29) is 41.6 Å². The first kappa shape index (κ1) is 27.8. The maximum Gasteiger partial charge on any atom is 0.306 e. The summed E-state index contributed by atoms with van der Waals surface area (Å²) in [6, 6.07) is 17.8. The number of benzene rings is 3. The Hall–Kier alpha value is -3.76. The maximum atomic E-state index is 14.2. The summed E-state index contributed by atoms with van der Waals surface area (Å²) in [5.41, 5.74) is 6.81. The van der Waals surface area contributed by atoms with Crippen LogP contribution in [0.4, 0.5) is 0 Å². The predicted octanol–water partition coefficient (Wildman–Crippen LogP) is 3.51. The number of nitrogens with one attached hydrogen (secondary N) is 2. The molecule has 3 unspecified atom stereocenters. The summed E-state index contributed by atoms with van der Waals surface area (Å²) in [5.74, 6) is -1.98. The lowest BCUT2D eigenvalue weighted by molar-refractivity contribution is -0.154. The highest BCUT2D eigenvalue weighted by Gasteiger charge is 2.45. The van der Waals surface area contributed by atoms with E-state index in [1.54, 1.807) is 41.3 Å². The number of sulfonamides is 1. The third-order valence-electron chi connectivity index (χ3n) is 8.28. The van der Waals surface area contributed by atoms with Gasteiger partial charge in [-0.15, -0.1) is 0 Å². The fourth-order valence-corrected chi connectivity index (χ4v) is 7.53. The fraction of sp³-hybridized carbons (Fsp3) is 0.367. The quantitative estimate of drug-likeness (QED) is 0.243. The van der Waals surface area contributed by atoms with Crippen molar-refractivity contribution in [1.82, 2.24) is 9.62 Å². The summed E-state index contributed by atoms with van der Waals surface area (Å²) in [6.07, 6.45) is 3.65. The molecule has 0 radical (unpaired) electrons. The first-order valence-electron chi connectivity index (χ1n) is 13.6. The molecule has 1 saturated heterocycles. The summed E-state index contributed by atoms with van der Waals surface area (Å²) < 4.78 is 30.0. The highest BCUT2D eigenvalue weighted by molar-refractivity contribution is 7.89. The van der Waals surface area contributed by atoms with Crippen LogP contribution < -0.4 is 10.5 Å². The summed E-state index contributed by atoms with van der Waals surface area (Å²) in [5, 5.41) is 19.3. The molecule has 40 heavy (non-hydrogen) atoms. The molecule has 10 heteroatoms. The molecule has 1 aliphatic carbocycles. The van der Waals surface area contributed by atoms with Gasteiger partial charge in [0.2, 0.25) is 15.9 Å². The highest BCUT2D eigenvalue weighted by Crippen LogP contribution is 2.39. The zero-order valence-electron chi connectivity index (χ0n) is 22.1. The molecule has 2 aliphatic rings. The standard InChI is InChI=1S/C30H34N4O5S/c31-28(32)22-9-5-6-19(16-22)17-26(33-40(38,39)23-13-12-20-7-1-2-8-21(20)18-23)29(35)34-15-14-25(30(36)37)24-10-3-4-11-27(24)34/h1-2,5-9,12-13,16,18,24-27,33H,3-4,10-11,14-15,17H2,(H3,31,32)(H,36,37)/t24?,25?,26-,27?/m0/s1. The molecule has 1 saturated carbocycles. The number of fused-ring (bicyclic) bond motifs is 2. The van der Waals surface area contributed by atoms with E-state index in [9.17, 15) is 23.1 Å². The van der Waals surface area contributed by atoms with Crippen molar-refractivity contribution in [3.05, 3.63) is 77.9 Å². The van der Waals surface area contributed by atoms with Gasteiger partial charge >= 0.3 is 5.97 Å². The van der Waals surface area contributed by atoms with Gasteiger partial charge in [0.1, 0.15) is 11.9 Å². The molecule has 0 bridgehead atoms. The van der Waals surface area contributed by atoms with Crippen molar-refractivity contribution in [2.75, 3.05) is 6.54 Å². The highest BCUT2D eigenvalue weighted by atomic mass is 32.2. The number of amides is 1. The smallest absolute Gasteiger partial charge is 0.306 e. The topological polar surface area (TPSA) is 154 Å². The van der Waals surface area contributed by atoms with Gasteiger partial charge in [0, 0.05) is 18.2 Å². The molecule has 5 rings (SSSR count). The van der Waals surface area contributed by atoms with Crippen LogP contribution in [0.3, 0.4) is 0 Å². The van der Waals surface area contributed by atoms with Crippen LogP contribution in [0.2, 0.25) is 0 Å². The van der Waals surface area contributed by atoms with Gasteiger partial charge in [-0.25, -0.2) is 8.42 Å². The zero-order chi connectivity index (χ0) is 28.4. The number of aliphatic carboxylic acids is 1. The number of carboxylic acid groups (broad SMARTS) is 1. The van der Waals surface area contributed by atoms with E-state index in [0.717, 1.165) is 30.0 Å². The van der Waals surface area contributed by atoms with Gasteiger partial charge in [-0.2, -0.15) is 4.72 Å². The number of nitrogen functional groups attached to an aromatic ring is 1. The van der Waals surface area contributed by atoms with E-state index >= 15 is 0 Å². The first-order chi connectivity index (χ1) is 19.1. The van der Waals surface area contributed by atoms with Gasteiger partial charge in [0.25, 0.3) is 0 Å². The Morgan fingerprint density at radius 3 is 2.50 bits per heavy atom. The molecule has 0 aromatic heterocycles. The molecule has 210 valence electrons. The van der Waals surface area contributed by atoms with Gasteiger partial charge in [-0.3, -0.25) is 15.0 Å². The second-order valence-electron chi connectivity index (χ2n) is 10.8. The van der Waals surface area contributed by atoms with Crippen LogP contribution in [0.25, 0.3) is 10.8 Å². The average Bonchev–Trinajstić information content (AvgIpc) is 2.95. The molecule has 0 spiro atoms. The lowest BCUT2D eigenvalue weighted by atomic mass is 9.71. The number of amidine groups is 1. The van der Waals surface area contributed by atoms with Crippen LogP contribution in [0.1, 0.15) is 43.2 Å². The first-order valence-corrected chi connectivity index (χ1v) is 15.1. The van der Waals surface area contributed by atoms with Crippen LogP contribution in [-0.2, 0) is 26.0 Å². The lowest BCUT2D eigenvalue weighted by Crippen LogP contribution is -2.59. The second kappa shape index (κ2) is 11.4. The Bertz CT molecular complexity index is 1560. The van der Waals surface area contributed by atoms with Gasteiger partial charge in [0.15, 0.2) is 0 Å². The van der Waals surface area contributed by atoms with Gasteiger partial charge in [-0.1, -0.05) is 61.4 Å². The van der Waals surface area contributed by atoms with Gasteiger partial charge in [0.05, 0.1) is 10.8 Å². The number of nitrogens with two attached hydrogens (primary N) is 1. The Morgan fingerprint density at radius 1 is 1.00 bits per heavy atom. The average molecular weight is 563 g/mol. The molecule has 3 aromatic rings. The van der Waals surface area contributed by atoms with Crippen LogP contribution in [0.15, 0.2) is 71.6 Å². The number of piperidine rings is 1. The summed E-state index contributed by atoms with van der Waals surface area (Å²) in [4.78, 5) is 27.9. The van der Waals surface area contributed by atoms with Crippen LogP contribution >= 0.6 is 0 Å². The summed E-state index contributed by atoms with van der Waals surface area (Å²) in [7, 11) is -4.09. The molecule has 1 heterocycles. The fourth-order valence-electron chi connectivity index (χ4n) is 6.31. The minimum Gasteiger partial charge on any atom is -0.481 e. The SMILES string of the molecule is N=C(N)c1cccc(C[C@H](NS(=O)(=O)c2ccc3ccccc3c2)C(=O)N2CCC(C(=O)O)C3CCCCC32)c1. The Kier molecular flexibility index (Phi) is 7.91. The van der Waals surface area contributed by atoms with E-state index in [0.29, 0.717) is 24.0 Å². The number of likely N-dealkylation sites (tertiary alicyclic amines) is 1. The van der Waals surface area contributed by atoms with E-state index in [1.165, 1.54) is 6.07 Å². The monoisotopic (exact) mass is 562 g/mol. The molecular formula is C30H34N4O5S. The van der Waals surface area contributed by atoms with Crippen molar-refractivity contribution in [3.63, 3.8) is 0 Å². The minimum absolute atomic E-state index is 0.0571. The van der Waals surface area contributed by atoms with Crippen LogP contribution in [0.5, 0.6) is 0 Å². The predicted molar refractivity (Wildman–Crippen MR) is 152 cm³/mol. The van der Waals surface area contributed by atoms with Crippen LogP contribution in [-0.4, -0.2) is 54.8 Å². The van der Waals surface area contributed by atoms with E-state index in [4.69, 9.17) is 11.1 Å². The van der Waals surface area contributed by atoms with E-state index in [1.807, 2.05) is 24.3 Å². The number of rotatable bonds is 8. The third-order valence-corrected chi connectivity index (χ3v) is 9.75. The molecule has 1 aliphatic heterocycles. The number of carbonyl (C=O) groups is 2. The van der Waals surface area contributed by atoms with Gasteiger partial charge in [-0.05, 0) is 66.1 Å².